The molecule has 0 saturated carbocycles. The third kappa shape index (κ3) is 36.3. The second-order valence-corrected chi connectivity index (χ2v) is 16.1. The van der Waals surface area contributed by atoms with E-state index in [-0.39, 0.29) is 32.0 Å². The molecule has 0 aliphatic rings. The van der Waals surface area contributed by atoms with Gasteiger partial charge >= 0.3 is 19.8 Å². The van der Waals surface area contributed by atoms with Crippen LogP contribution in [0.1, 0.15) is 168 Å². The second-order valence-electron chi connectivity index (χ2n) is 14.7. The van der Waals surface area contributed by atoms with Crippen molar-refractivity contribution in [3.8, 4) is 0 Å². The van der Waals surface area contributed by atoms with Crippen LogP contribution < -0.4 is 0 Å². The fourth-order valence-corrected chi connectivity index (χ4v) is 6.04. The van der Waals surface area contributed by atoms with Crippen LogP contribution >= 0.6 is 7.82 Å². The molecule has 2 atom stereocenters. The SMILES string of the molecule is CCCCCCCCCC/C=C\C/C=C\CCC(=O)OC(COC(=O)CCCCCCCCCCCCC)COP(=O)(O)OCC[N+](C)(C)C. The number of phosphoric acid groups is 1. The summed E-state index contributed by atoms with van der Waals surface area (Å²) in [5.74, 6) is -0.875. The maximum absolute atomic E-state index is 12.6. The second kappa shape index (κ2) is 33.3. The first-order valence-corrected chi connectivity index (χ1v) is 21.6. The Bertz CT molecular complexity index is 918. The third-order valence-electron chi connectivity index (χ3n) is 8.50. The monoisotopic (exact) mass is 731 g/mol. The molecule has 0 fully saturated rings. The Labute approximate surface area is 307 Å². The molecule has 0 spiro atoms. The molecule has 0 aromatic heterocycles. The van der Waals surface area contributed by atoms with Crippen molar-refractivity contribution in [1.82, 2.24) is 0 Å². The average Bonchev–Trinajstić information content (AvgIpc) is 3.06. The lowest BCUT2D eigenvalue weighted by atomic mass is 10.1. The summed E-state index contributed by atoms with van der Waals surface area (Å²) in [6.07, 6.45) is 33.8. The van der Waals surface area contributed by atoms with Gasteiger partial charge in [0.25, 0.3) is 0 Å². The van der Waals surface area contributed by atoms with Gasteiger partial charge < -0.3 is 18.9 Å². The molecular formula is C40H77NO8P+. The molecule has 0 bridgehead atoms. The Hall–Kier alpha value is -1.51. The van der Waals surface area contributed by atoms with Crippen molar-refractivity contribution in [1.29, 1.82) is 0 Å². The number of esters is 2. The molecule has 0 saturated heterocycles. The highest BCUT2D eigenvalue weighted by atomic mass is 31.2. The van der Waals surface area contributed by atoms with Crippen LogP contribution in [0.15, 0.2) is 24.3 Å². The first-order valence-electron chi connectivity index (χ1n) is 20.1. The lowest BCUT2D eigenvalue weighted by molar-refractivity contribution is -0.870. The minimum Gasteiger partial charge on any atom is -0.462 e. The van der Waals surface area contributed by atoms with Gasteiger partial charge in [-0.05, 0) is 32.1 Å². The summed E-state index contributed by atoms with van der Waals surface area (Å²) < 4.78 is 34.1. The zero-order valence-electron chi connectivity index (χ0n) is 32.9. The molecule has 0 heterocycles. The van der Waals surface area contributed by atoms with Gasteiger partial charge in [0, 0.05) is 12.8 Å². The van der Waals surface area contributed by atoms with Crippen LogP contribution in [0.2, 0.25) is 0 Å². The van der Waals surface area contributed by atoms with Crippen LogP contribution in [-0.4, -0.2) is 74.9 Å². The highest BCUT2D eigenvalue weighted by Gasteiger charge is 2.27. The number of rotatable bonds is 36. The van der Waals surface area contributed by atoms with Gasteiger partial charge in [0.2, 0.25) is 0 Å². The van der Waals surface area contributed by atoms with Crippen LogP contribution in [0.25, 0.3) is 0 Å². The molecule has 0 radical (unpaired) electrons. The number of carbonyl (C=O) groups excluding carboxylic acids is 2. The summed E-state index contributed by atoms with van der Waals surface area (Å²) in [6.45, 7) is 4.34. The Morgan fingerprint density at radius 2 is 1.12 bits per heavy atom. The Balaban J connectivity index is 4.49. The van der Waals surface area contributed by atoms with Crippen molar-refractivity contribution < 1.29 is 42.1 Å². The number of hydrogen-bond donors (Lipinski definition) is 1. The molecule has 0 aromatic carbocycles. The van der Waals surface area contributed by atoms with Crippen molar-refractivity contribution in [2.24, 2.45) is 0 Å². The number of allylic oxidation sites excluding steroid dienone is 4. The summed E-state index contributed by atoms with van der Waals surface area (Å²) in [5, 5.41) is 0. The van der Waals surface area contributed by atoms with E-state index < -0.39 is 26.5 Å². The van der Waals surface area contributed by atoms with E-state index in [0.29, 0.717) is 17.4 Å². The number of ether oxygens (including phenoxy) is 2. The van der Waals surface area contributed by atoms with E-state index in [2.05, 4.69) is 26.0 Å². The zero-order chi connectivity index (χ0) is 37.2. The molecule has 0 aliphatic carbocycles. The minimum absolute atomic E-state index is 0.0242. The molecular weight excluding hydrogens is 653 g/mol. The van der Waals surface area contributed by atoms with Gasteiger partial charge in [0.05, 0.1) is 27.7 Å². The maximum Gasteiger partial charge on any atom is 0.472 e. The largest absolute Gasteiger partial charge is 0.472 e. The number of unbranched alkanes of at least 4 members (excludes halogenated alkanes) is 18. The third-order valence-corrected chi connectivity index (χ3v) is 9.48. The highest BCUT2D eigenvalue weighted by Crippen LogP contribution is 2.43. The number of quaternary nitrogens is 1. The molecule has 10 heteroatoms. The van der Waals surface area contributed by atoms with E-state index in [9.17, 15) is 19.0 Å². The molecule has 1 N–H and O–H groups in total. The molecule has 294 valence electrons. The normalized spacial score (nSPS) is 14.0. The number of carbonyl (C=O) groups is 2. The van der Waals surface area contributed by atoms with Gasteiger partial charge in [-0.15, -0.1) is 0 Å². The maximum atomic E-state index is 12.6. The van der Waals surface area contributed by atoms with E-state index >= 15 is 0 Å². The van der Waals surface area contributed by atoms with Gasteiger partial charge in [0.1, 0.15) is 19.8 Å². The van der Waals surface area contributed by atoms with Crippen molar-refractivity contribution >= 4 is 19.8 Å². The van der Waals surface area contributed by atoms with E-state index in [4.69, 9.17) is 18.5 Å². The number of nitrogens with zero attached hydrogens (tertiary/aromatic N) is 1. The van der Waals surface area contributed by atoms with Gasteiger partial charge in [0.15, 0.2) is 6.10 Å². The Morgan fingerprint density at radius 1 is 0.620 bits per heavy atom. The average molecular weight is 731 g/mol. The van der Waals surface area contributed by atoms with Crippen molar-refractivity contribution in [2.45, 2.75) is 174 Å². The lowest BCUT2D eigenvalue weighted by Crippen LogP contribution is -2.37. The van der Waals surface area contributed by atoms with E-state index in [1.807, 2.05) is 33.3 Å². The molecule has 2 unspecified atom stereocenters. The molecule has 0 aromatic rings. The van der Waals surface area contributed by atoms with Gasteiger partial charge in [-0.2, -0.15) is 0 Å². The van der Waals surface area contributed by atoms with Crippen molar-refractivity contribution in [3.63, 3.8) is 0 Å². The fraction of sp³-hybridized carbons (Fsp3) is 0.850. The molecule has 9 nitrogen and oxygen atoms in total. The Morgan fingerprint density at radius 3 is 1.66 bits per heavy atom. The minimum atomic E-state index is -4.38. The molecule has 0 aliphatic heterocycles. The van der Waals surface area contributed by atoms with Crippen LogP contribution in [0.3, 0.4) is 0 Å². The summed E-state index contributed by atoms with van der Waals surface area (Å²) in [7, 11) is 1.45. The number of likely N-dealkylation sites (N-methyl/N-ethyl adjacent to an activating group) is 1. The van der Waals surface area contributed by atoms with E-state index in [1.54, 1.807) is 0 Å². The predicted molar refractivity (Wildman–Crippen MR) is 206 cm³/mol. The lowest BCUT2D eigenvalue weighted by Gasteiger charge is -2.24. The van der Waals surface area contributed by atoms with E-state index in [1.165, 1.54) is 103 Å². The van der Waals surface area contributed by atoms with Crippen LogP contribution in [0.4, 0.5) is 0 Å². The van der Waals surface area contributed by atoms with Crippen molar-refractivity contribution in [3.05, 3.63) is 24.3 Å². The molecule has 0 amide bonds. The highest BCUT2D eigenvalue weighted by molar-refractivity contribution is 7.47. The summed E-state index contributed by atoms with van der Waals surface area (Å²) in [4.78, 5) is 35.1. The topological polar surface area (TPSA) is 108 Å². The molecule has 50 heavy (non-hydrogen) atoms. The van der Waals surface area contributed by atoms with E-state index in [0.717, 1.165) is 32.1 Å². The van der Waals surface area contributed by atoms with Crippen LogP contribution in [-0.2, 0) is 32.7 Å². The standard InChI is InChI=1S/C40H76NO8P/c1-6-8-10-12-14-16-18-19-20-21-23-25-27-29-31-33-40(43)49-38(37-48-50(44,45)47-35-34-41(3,4)5)36-46-39(42)32-30-28-26-24-22-17-15-13-11-9-7-2/h21,23,27,29,38H,6-20,22,24-26,28,30-37H2,1-5H3/p+1/b23-21-,29-27-. The quantitative estimate of drug-likeness (QED) is 0.0223. The van der Waals surface area contributed by atoms with Crippen LogP contribution in [0.5, 0.6) is 0 Å². The van der Waals surface area contributed by atoms with Crippen LogP contribution in [0, 0.1) is 0 Å². The fourth-order valence-electron chi connectivity index (χ4n) is 5.30. The first-order chi connectivity index (χ1) is 24.0. The molecule has 0 rings (SSSR count). The number of phosphoric ester groups is 1. The smallest absolute Gasteiger partial charge is 0.462 e. The Kier molecular flexibility index (Phi) is 32.3. The van der Waals surface area contributed by atoms with Gasteiger partial charge in [-0.3, -0.25) is 18.6 Å². The summed E-state index contributed by atoms with van der Waals surface area (Å²) in [6, 6.07) is 0. The predicted octanol–water partition coefficient (Wildman–Crippen LogP) is 10.8. The van der Waals surface area contributed by atoms with Gasteiger partial charge in [-0.25, -0.2) is 4.57 Å². The van der Waals surface area contributed by atoms with Gasteiger partial charge in [-0.1, -0.05) is 147 Å². The van der Waals surface area contributed by atoms with Crippen molar-refractivity contribution in [2.75, 3.05) is 47.5 Å². The summed E-state index contributed by atoms with van der Waals surface area (Å²) in [5.41, 5.74) is 0. The summed E-state index contributed by atoms with van der Waals surface area (Å²) >= 11 is 0. The number of hydrogen-bond acceptors (Lipinski definition) is 7. The first kappa shape index (κ1) is 48.5. The zero-order valence-corrected chi connectivity index (χ0v) is 33.8.